The molecule has 1 aromatic carbocycles. The number of pyridine rings is 1. The molecule has 0 N–H and O–H groups in total. The maximum Gasteiger partial charge on any atom is 0.220 e. The van der Waals surface area contributed by atoms with Crippen molar-refractivity contribution in [3.63, 3.8) is 0 Å². The van der Waals surface area contributed by atoms with Gasteiger partial charge in [-0.1, -0.05) is 6.92 Å². The molecule has 0 saturated carbocycles. The van der Waals surface area contributed by atoms with Crippen molar-refractivity contribution in [3.8, 4) is 23.4 Å². The molecule has 20 heavy (non-hydrogen) atoms. The van der Waals surface area contributed by atoms with Crippen LogP contribution in [0, 0.1) is 18.3 Å². The summed E-state index contributed by atoms with van der Waals surface area (Å²) in [6.45, 7) is 4.59. The number of nitrogens with zero attached hydrogens (tertiary/aromatic N) is 2. The Bertz CT molecular complexity index is 615. The number of ether oxygens (including phenoxy) is 2. The monoisotopic (exact) mass is 268 g/mol. The Morgan fingerprint density at radius 3 is 2.50 bits per heavy atom. The van der Waals surface area contributed by atoms with E-state index in [-0.39, 0.29) is 0 Å². The van der Waals surface area contributed by atoms with Crippen LogP contribution in [0.15, 0.2) is 36.4 Å². The lowest BCUT2D eigenvalue weighted by Gasteiger charge is -2.08. The average Bonchev–Trinajstić information content (AvgIpc) is 2.46. The molecule has 0 saturated heterocycles. The summed E-state index contributed by atoms with van der Waals surface area (Å²) in [7, 11) is 0. The molecule has 0 spiro atoms. The van der Waals surface area contributed by atoms with Crippen molar-refractivity contribution in [3.05, 3.63) is 47.7 Å². The summed E-state index contributed by atoms with van der Waals surface area (Å²) in [6, 6.07) is 12.8. The first-order chi connectivity index (χ1) is 9.71. The van der Waals surface area contributed by atoms with E-state index in [2.05, 4.69) is 18.0 Å². The summed E-state index contributed by atoms with van der Waals surface area (Å²) in [5.74, 6) is 1.90. The fourth-order valence-electron chi connectivity index (χ4n) is 1.70. The Kier molecular flexibility index (Phi) is 4.56. The summed E-state index contributed by atoms with van der Waals surface area (Å²) >= 11 is 0. The number of rotatable bonds is 5. The van der Waals surface area contributed by atoms with E-state index in [4.69, 9.17) is 14.7 Å². The Hall–Kier alpha value is -2.54. The molecule has 4 nitrogen and oxygen atoms in total. The first-order valence-corrected chi connectivity index (χ1v) is 6.51. The van der Waals surface area contributed by atoms with Crippen LogP contribution in [0.3, 0.4) is 0 Å². The molecule has 1 heterocycles. The molecule has 4 heteroatoms. The lowest BCUT2D eigenvalue weighted by Crippen LogP contribution is -1.95. The molecule has 0 aliphatic carbocycles. The number of hydrogen-bond donors (Lipinski definition) is 0. The molecule has 0 radical (unpaired) electrons. The Morgan fingerprint density at radius 2 is 1.85 bits per heavy atom. The summed E-state index contributed by atoms with van der Waals surface area (Å²) in [6.07, 6.45) is 0.975. The summed E-state index contributed by atoms with van der Waals surface area (Å²) in [4.78, 5) is 4.24. The highest BCUT2D eigenvalue weighted by Crippen LogP contribution is 2.23. The van der Waals surface area contributed by atoms with Gasteiger partial charge in [-0.05, 0) is 43.7 Å². The summed E-state index contributed by atoms with van der Waals surface area (Å²) in [5, 5.41) is 8.92. The molecule has 2 aromatic rings. The standard InChI is InChI=1S/C16H16N2O2/c1-3-8-19-14-4-6-15(7-5-14)20-16-10-13(11-17)9-12(2)18-16/h4-7,9-10H,3,8H2,1-2H3. The second-order valence-corrected chi connectivity index (χ2v) is 4.37. The van der Waals surface area contributed by atoms with Gasteiger partial charge in [0.25, 0.3) is 0 Å². The van der Waals surface area contributed by atoms with Crippen LogP contribution in [0.1, 0.15) is 24.6 Å². The molecule has 1 aromatic heterocycles. The Labute approximate surface area is 118 Å². The quantitative estimate of drug-likeness (QED) is 0.826. The van der Waals surface area contributed by atoms with Crippen LogP contribution in [-0.4, -0.2) is 11.6 Å². The van der Waals surface area contributed by atoms with Gasteiger partial charge in [0.05, 0.1) is 18.2 Å². The predicted molar refractivity (Wildman–Crippen MR) is 76.0 cm³/mol. The van der Waals surface area contributed by atoms with Gasteiger partial charge < -0.3 is 9.47 Å². The van der Waals surface area contributed by atoms with Gasteiger partial charge >= 0.3 is 0 Å². The van der Waals surface area contributed by atoms with E-state index in [9.17, 15) is 0 Å². The van der Waals surface area contributed by atoms with E-state index in [0.29, 0.717) is 23.8 Å². The number of nitriles is 1. The van der Waals surface area contributed by atoms with Crippen molar-refractivity contribution >= 4 is 0 Å². The van der Waals surface area contributed by atoms with Gasteiger partial charge in [-0.2, -0.15) is 5.26 Å². The number of hydrogen-bond acceptors (Lipinski definition) is 4. The van der Waals surface area contributed by atoms with E-state index in [1.165, 1.54) is 0 Å². The molecular formula is C16H16N2O2. The zero-order chi connectivity index (χ0) is 14.4. The topological polar surface area (TPSA) is 55.1 Å². The summed E-state index contributed by atoms with van der Waals surface area (Å²) < 4.78 is 11.1. The normalized spacial score (nSPS) is 9.85. The van der Waals surface area contributed by atoms with Crippen LogP contribution in [0.5, 0.6) is 17.4 Å². The molecular weight excluding hydrogens is 252 g/mol. The van der Waals surface area contributed by atoms with E-state index >= 15 is 0 Å². The van der Waals surface area contributed by atoms with E-state index in [0.717, 1.165) is 17.9 Å². The van der Waals surface area contributed by atoms with Crippen LogP contribution in [0.4, 0.5) is 0 Å². The van der Waals surface area contributed by atoms with Crippen molar-refractivity contribution in [2.24, 2.45) is 0 Å². The molecule has 0 aliphatic heterocycles. The van der Waals surface area contributed by atoms with Crippen LogP contribution in [0.2, 0.25) is 0 Å². The van der Waals surface area contributed by atoms with Gasteiger partial charge in [-0.3, -0.25) is 0 Å². The second kappa shape index (κ2) is 6.58. The first-order valence-electron chi connectivity index (χ1n) is 6.51. The van der Waals surface area contributed by atoms with Gasteiger partial charge in [0.1, 0.15) is 11.5 Å². The fourth-order valence-corrected chi connectivity index (χ4v) is 1.70. The van der Waals surface area contributed by atoms with Crippen LogP contribution < -0.4 is 9.47 Å². The Morgan fingerprint density at radius 1 is 1.15 bits per heavy atom. The smallest absolute Gasteiger partial charge is 0.220 e. The molecule has 2 rings (SSSR count). The van der Waals surface area contributed by atoms with Crippen LogP contribution in [-0.2, 0) is 0 Å². The maximum atomic E-state index is 8.92. The third-order valence-electron chi connectivity index (χ3n) is 2.58. The van der Waals surface area contributed by atoms with E-state index in [1.807, 2.05) is 31.2 Å². The van der Waals surface area contributed by atoms with Gasteiger partial charge in [0.2, 0.25) is 5.88 Å². The molecule has 0 amide bonds. The van der Waals surface area contributed by atoms with Gasteiger partial charge in [0, 0.05) is 11.8 Å². The maximum absolute atomic E-state index is 8.92. The van der Waals surface area contributed by atoms with Crippen LogP contribution >= 0.6 is 0 Å². The minimum absolute atomic E-state index is 0.420. The second-order valence-electron chi connectivity index (χ2n) is 4.37. The third-order valence-corrected chi connectivity index (χ3v) is 2.58. The largest absolute Gasteiger partial charge is 0.494 e. The number of aromatic nitrogens is 1. The van der Waals surface area contributed by atoms with Crippen molar-refractivity contribution < 1.29 is 9.47 Å². The molecule has 0 fully saturated rings. The minimum Gasteiger partial charge on any atom is -0.494 e. The predicted octanol–water partition coefficient (Wildman–Crippen LogP) is 3.84. The number of aryl methyl sites for hydroxylation is 1. The van der Waals surface area contributed by atoms with Crippen molar-refractivity contribution in [1.82, 2.24) is 4.98 Å². The highest BCUT2D eigenvalue weighted by molar-refractivity contribution is 5.38. The van der Waals surface area contributed by atoms with E-state index in [1.54, 1.807) is 12.1 Å². The highest BCUT2D eigenvalue weighted by Gasteiger charge is 2.03. The zero-order valence-electron chi connectivity index (χ0n) is 11.6. The Balaban J connectivity index is 2.10. The molecule has 0 bridgehead atoms. The highest BCUT2D eigenvalue weighted by atomic mass is 16.5. The van der Waals surface area contributed by atoms with Gasteiger partial charge in [-0.15, -0.1) is 0 Å². The van der Waals surface area contributed by atoms with E-state index < -0.39 is 0 Å². The molecule has 102 valence electrons. The molecule has 0 unspecified atom stereocenters. The molecule has 0 atom stereocenters. The van der Waals surface area contributed by atoms with Crippen molar-refractivity contribution in [1.29, 1.82) is 5.26 Å². The lowest BCUT2D eigenvalue weighted by atomic mass is 10.2. The molecule has 0 aliphatic rings. The summed E-state index contributed by atoms with van der Waals surface area (Å²) in [5.41, 5.74) is 1.29. The van der Waals surface area contributed by atoms with Gasteiger partial charge in [-0.25, -0.2) is 4.98 Å². The zero-order valence-corrected chi connectivity index (χ0v) is 11.6. The first kappa shape index (κ1) is 13.9. The van der Waals surface area contributed by atoms with Crippen molar-refractivity contribution in [2.45, 2.75) is 20.3 Å². The third kappa shape index (κ3) is 3.72. The average molecular weight is 268 g/mol. The lowest BCUT2D eigenvalue weighted by molar-refractivity contribution is 0.317. The SMILES string of the molecule is CCCOc1ccc(Oc2cc(C#N)cc(C)n2)cc1. The van der Waals surface area contributed by atoms with Crippen LogP contribution in [0.25, 0.3) is 0 Å². The fraction of sp³-hybridized carbons (Fsp3) is 0.250. The van der Waals surface area contributed by atoms with Crippen molar-refractivity contribution in [2.75, 3.05) is 6.61 Å². The minimum atomic E-state index is 0.420. The number of benzene rings is 1. The van der Waals surface area contributed by atoms with Gasteiger partial charge in [0.15, 0.2) is 0 Å².